The van der Waals surface area contributed by atoms with E-state index in [-0.39, 0.29) is 5.56 Å². The molecule has 0 aliphatic heterocycles. The summed E-state index contributed by atoms with van der Waals surface area (Å²) in [5.74, 6) is -0.462. The molecule has 0 aliphatic carbocycles. The van der Waals surface area contributed by atoms with Gasteiger partial charge in [-0.3, -0.25) is 0 Å². The van der Waals surface area contributed by atoms with Gasteiger partial charge in [-0.25, -0.2) is 4.39 Å². The van der Waals surface area contributed by atoms with Crippen LogP contribution in [0.4, 0.5) is 4.39 Å². The summed E-state index contributed by atoms with van der Waals surface area (Å²) in [5, 5.41) is 10.7. The molecule has 1 aromatic carbocycles. The van der Waals surface area contributed by atoms with Gasteiger partial charge in [-0.2, -0.15) is 0 Å². The predicted octanol–water partition coefficient (Wildman–Crippen LogP) is 3.81. The predicted molar refractivity (Wildman–Crippen MR) is 70.5 cm³/mol. The van der Waals surface area contributed by atoms with Gasteiger partial charge in [0.05, 0.1) is 5.69 Å². The molecule has 1 aromatic heterocycles. The van der Waals surface area contributed by atoms with Crippen molar-refractivity contribution >= 4 is 11.6 Å². The molecule has 0 saturated carbocycles. The van der Waals surface area contributed by atoms with Gasteiger partial charge in [0.15, 0.2) is 0 Å². The molecule has 2 rings (SSSR count). The first kappa shape index (κ1) is 13.1. The average Bonchev–Trinajstić information content (AvgIpc) is 2.59. The molecule has 0 radical (unpaired) electrons. The van der Waals surface area contributed by atoms with Crippen molar-refractivity contribution in [1.82, 2.24) is 4.98 Å². The zero-order chi connectivity index (χ0) is 13.4. The lowest BCUT2D eigenvalue weighted by molar-refractivity contribution is 0.210. The first-order valence-corrected chi connectivity index (χ1v) is 6.08. The summed E-state index contributed by atoms with van der Waals surface area (Å²) in [6, 6.07) is 4.18. The van der Waals surface area contributed by atoms with Crippen molar-refractivity contribution in [2.24, 2.45) is 0 Å². The van der Waals surface area contributed by atoms with Gasteiger partial charge in [0, 0.05) is 16.3 Å². The molecule has 1 unspecified atom stereocenters. The minimum atomic E-state index is -1.03. The second kappa shape index (κ2) is 4.75. The monoisotopic (exact) mass is 267 g/mol. The Morgan fingerprint density at radius 3 is 2.44 bits per heavy atom. The maximum atomic E-state index is 13.7. The van der Waals surface area contributed by atoms with Crippen molar-refractivity contribution in [1.29, 1.82) is 0 Å². The van der Waals surface area contributed by atoms with E-state index in [9.17, 15) is 9.50 Å². The van der Waals surface area contributed by atoms with E-state index in [1.54, 1.807) is 0 Å². The van der Waals surface area contributed by atoms with Gasteiger partial charge >= 0.3 is 0 Å². The Kier molecular flexibility index (Phi) is 3.46. The van der Waals surface area contributed by atoms with E-state index in [0.717, 1.165) is 16.8 Å². The Balaban J connectivity index is 2.50. The number of H-pyrrole nitrogens is 1. The molecule has 96 valence electrons. The molecular formula is C14H15ClFNO. The van der Waals surface area contributed by atoms with E-state index in [2.05, 4.69) is 4.98 Å². The Bertz CT molecular complexity index is 592. The highest BCUT2D eigenvalue weighted by molar-refractivity contribution is 6.30. The molecule has 1 heterocycles. The summed E-state index contributed by atoms with van der Waals surface area (Å²) >= 11 is 5.84. The summed E-state index contributed by atoms with van der Waals surface area (Å²) in [7, 11) is 0. The Morgan fingerprint density at radius 2 is 1.89 bits per heavy atom. The SMILES string of the molecule is Cc1[nH]c(C(O)c2cc(Cl)ccc2F)c(C)c1C. The number of nitrogens with one attached hydrogen (secondary N) is 1. The molecule has 2 aromatic rings. The van der Waals surface area contributed by atoms with Crippen molar-refractivity contribution in [2.75, 3.05) is 0 Å². The molecule has 1 atom stereocenters. The first-order chi connectivity index (χ1) is 8.41. The third-order valence-corrected chi connectivity index (χ3v) is 3.61. The maximum absolute atomic E-state index is 13.7. The Labute approximate surface area is 110 Å². The highest BCUT2D eigenvalue weighted by Gasteiger charge is 2.20. The van der Waals surface area contributed by atoms with Crippen LogP contribution in [0.1, 0.15) is 34.2 Å². The van der Waals surface area contributed by atoms with Gasteiger partial charge in [0.1, 0.15) is 11.9 Å². The normalized spacial score (nSPS) is 12.8. The maximum Gasteiger partial charge on any atom is 0.129 e. The molecular weight excluding hydrogens is 253 g/mol. The number of hydrogen-bond donors (Lipinski definition) is 2. The number of halogens is 2. The van der Waals surface area contributed by atoms with E-state index in [1.165, 1.54) is 18.2 Å². The minimum absolute atomic E-state index is 0.187. The fourth-order valence-corrected chi connectivity index (χ4v) is 2.21. The van der Waals surface area contributed by atoms with Crippen molar-refractivity contribution in [3.63, 3.8) is 0 Å². The second-order valence-electron chi connectivity index (χ2n) is 4.48. The van der Waals surface area contributed by atoms with Crippen LogP contribution < -0.4 is 0 Å². The zero-order valence-electron chi connectivity index (χ0n) is 10.5. The van der Waals surface area contributed by atoms with Crippen LogP contribution in [0.3, 0.4) is 0 Å². The molecule has 0 amide bonds. The lowest BCUT2D eigenvalue weighted by Crippen LogP contribution is -2.04. The number of aliphatic hydroxyl groups excluding tert-OH is 1. The van der Waals surface area contributed by atoms with Crippen LogP contribution in [-0.4, -0.2) is 10.1 Å². The van der Waals surface area contributed by atoms with E-state index in [4.69, 9.17) is 11.6 Å². The minimum Gasteiger partial charge on any atom is -0.382 e. The first-order valence-electron chi connectivity index (χ1n) is 5.70. The number of aryl methyl sites for hydroxylation is 1. The topological polar surface area (TPSA) is 36.0 Å². The second-order valence-corrected chi connectivity index (χ2v) is 4.92. The fraction of sp³-hybridized carbons (Fsp3) is 0.286. The number of aromatic nitrogens is 1. The molecule has 0 saturated heterocycles. The number of aliphatic hydroxyl groups is 1. The molecule has 2 N–H and O–H groups in total. The van der Waals surface area contributed by atoms with Crippen LogP contribution in [0.5, 0.6) is 0 Å². The van der Waals surface area contributed by atoms with Crippen LogP contribution in [0.15, 0.2) is 18.2 Å². The third kappa shape index (κ3) is 2.16. The van der Waals surface area contributed by atoms with Crippen LogP contribution >= 0.6 is 11.6 Å². The lowest BCUT2D eigenvalue weighted by atomic mass is 10.0. The number of aromatic amines is 1. The smallest absolute Gasteiger partial charge is 0.129 e. The van der Waals surface area contributed by atoms with Crippen LogP contribution in [0, 0.1) is 26.6 Å². The van der Waals surface area contributed by atoms with E-state index >= 15 is 0 Å². The van der Waals surface area contributed by atoms with Gasteiger partial charge < -0.3 is 10.1 Å². The molecule has 0 aliphatic rings. The summed E-state index contributed by atoms with van der Waals surface area (Å²) in [6.07, 6.45) is -1.03. The van der Waals surface area contributed by atoms with Crippen molar-refractivity contribution < 1.29 is 9.50 Å². The Morgan fingerprint density at radius 1 is 1.22 bits per heavy atom. The number of rotatable bonds is 2. The molecule has 0 fully saturated rings. The third-order valence-electron chi connectivity index (χ3n) is 3.38. The van der Waals surface area contributed by atoms with Crippen LogP contribution in [0.25, 0.3) is 0 Å². The highest BCUT2D eigenvalue weighted by atomic mass is 35.5. The lowest BCUT2D eigenvalue weighted by Gasteiger charge is -2.12. The van der Waals surface area contributed by atoms with Gasteiger partial charge in [0.25, 0.3) is 0 Å². The highest BCUT2D eigenvalue weighted by Crippen LogP contribution is 2.30. The molecule has 0 spiro atoms. The molecule has 0 bridgehead atoms. The van der Waals surface area contributed by atoms with Crippen LogP contribution in [0.2, 0.25) is 5.02 Å². The quantitative estimate of drug-likeness (QED) is 0.853. The van der Waals surface area contributed by atoms with E-state index in [0.29, 0.717) is 10.7 Å². The van der Waals surface area contributed by atoms with Gasteiger partial charge in [-0.1, -0.05) is 11.6 Å². The van der Waals surface area contributed by atoms with Gasteiger partial charge in [0.2, 0.25) is 0 Å². The molecule has 4 heteroatoms. The largest absolute Gasteiger partial charge is 0.382 e. The summed E-state index contributed by atoms with van der Waals surface area (Å²) in [6.45, 7) is 5.79. The molecule has 2 nitrogen and oxygen atoms in total. The zero-order valence-corrected chi connectivity index (χ0v) is 11.3. The number of hydrogen-bond acceptors (Lipinski definition) is 1. The fourth-order valence-electron chi connectivity index (χ4n) is 2.03. The van der Waals surface area contributed by atoms with Crippen molar-refractivity contribution in [3.05, 3.63) is 57.1 Å². The van der Waals surface area contributed by atoms with Crippen LogP contribution in [-0.2, 0) is 0 Å². The van der Waals surface area contributed by atoms with Gasteiger partial charge in [-0.15, -0.1) is 0 Å². The Hall–Kier alpha value is -1.32. The van der Waals surface area contributed by atoms with Crippen molar-refractivity contribution in [3.8, 4) is 0 Å². The average molecular weight is 268 g/mol. The standard InChI is InChI=1S/C14H15ClFNO/c1-7-8(2)13(17-9(7)3)14(18)11-6-10(15)4-5-12(11)16/h4-6,14,17-18H,1-3H3. The van der Waals surface area contributed by atoms with E-state index < -0.39 is 11.9 Å². The summed E-state index contributed by atoms with van der Waals surface area (Å²) in [4.78, 5) is 3.10. The number of benzene rings is 1. The van der Waals surface area contributed by atoms with Crippen molar-refractivity contribution in [2.45, 2.75) is 26.9 Å². The van der Waals surface area contributed by atoms with Gasteiger partial charge in [-0.05, 0) is 50.1 Å². The summed E-state index contributed by atoms with van der Waals surface area (Å²) in [5.41, 5.74) is 3.80. The van der Waals surface area contributed by atoms with E-state index in [1.807, 2.05) is 20.8 Å². The molecule has 18 heavy (non-hydrogen) atoms. The summed E-state index contributed by atoms with van der Waals surface area (Å²) < 4.78 is 13.7.